The highest BCUT2D eigenvalue weighted by Gasteiger charge is 2.24. The highest BCUT2D eigenvalue weighted by molar-refractivity contribution is 7.26. The molecule has 4 heterocycles. The largest absolute Gasteiger partial charge is 0.456 e. The standard InChI is InChI=1S/C86H56N2O2S2/c1-53-47-57(31-41-75(53)87(63-37-27-55(28-38-63)59-33-43-81-71(49-59)67-17-5-11-23-79(67)89-81)77-21-9-3-15-65(77)61-35-45-85-73(51-61)69-19-7-13-25-83(69)91-85)58-32-42-76(54(2)48-58)88(64-39-29-56(30-40-64)60-34-44-82-72(50-60)68-18-6-12-24-80(68)90-82)78-22-10-4-16-66(78)62-36-46-86-74(52-62)70-20-8-14-26-84(70)92-86/h3-52H,1-2H3. The van der Waals surface area contributed by atoms with Gasteiger partial charge < -0.3 is 18.6 Å². The first-order valence-corrected chi connectivity index (χ1v) is 32.9. The molecule has 4 nitrogen and oxygen atoms in total. The average molecular weight is 1210 g/mol. The van der Waals surface area contributed by atoms with E-state index in [4.69, 9.17) is 8.83 Å². The molecule has 6 heteroatoms. The van der Waals surface area contributed by atoms with Crippen LogP contribution in [0.15, 0.2) is 312 Å². The molecule has 0 bridgehead atoms. The van der Waals surface area contributed by atoms with Crippen LogP contribution in [0.25, 0.3) is 140 Å². The van der Waals surface area contributed by atoms with Gasteiger partial charge in [0.15, 0.2) is 0 Å². The van der Waals surface area contributed by atoms with Crippen molar-refractivity contribution >= 4 is 141 Å². The van der Waals surface area contributed by atoms with Crippen LogP contribution in [0.4, 0.5) is 34.1 Å². The minimum atomic E-state index is 0.894. The van der Waals surface area contributed by atoms with Gasteiger partial charge in [0.05, 0.1) is 11.4 Å². The van der Waals surface area contributed by atoms with E-state index in [1.165, 1.54) is 51.5 Å². The van der Waals surface area contributed by atoms with Crippen molar-refractivity contribution in [2.75, 3.05) is 9.80 Å². The van der Waals surface area contributed by atoms with Gasteiger partial charge in [-0.05, 0) is 203 Å². The number of aryl methyl sites for hydroxylation is 2. The molecule has 0 saturated carbocycles. The summed E-state index contributed by atoms with van der Waals surface area (Å²) in [5.74, 6) is 0. The van der Waals surface area contributed by atoms with Crippen LogP contribution in [0.3, 0.4) is 0 Å². The molecule has 0 aliphatic rings. The van der Waals surface area contributed by atoms with Gasteiger partial charge in [0.25, 0.3) is 0 Å². The van der Waals surface area contributed by atoms with Gasteiger partial charge in [-0.15, -0.1) is 22.7 Å². The third-order valence-corrected chi connectivity index (χ3v) is 20.8. The molecule has 14 aromatic carbocycles. The molecule has 0 aliphatic carbocycles. The zero-order chi connectivity index (χ0) is 61.0. The first-order valence-electron chi connectivity index (χ1n) is 31.3. The Morgan fingerprint density at radius 3 is 1.00 bits per heavy atom. The molecule has 0 radical (unpaired) electrons. The van der Waals surface area contributed by atoms with Gasteiger partial charge in [-0.25, -0.2) is 0 Å². The van der Waals surface area contributed by atoms with E-state index < -0.39 is 0 Å². The summed E-state index contributed by atoms with van der Waals surface area (Å²) in [7, 11) is 0. The van der Waals surface area contributed by atoms with Crippen molar-refractivity contribution in [3.63, 3.8) is 0 Å². The lowest BCUT2D eigenvalue weighted by atomic mass is 9.96. The second-order valence-corrected chi connectivity index (χ2v) is 26.2. The highest BCUT2D eigenvalue weighted by Crippen LogP contribution is 2.49. The molecule has 0 N–H and O–H groups in total. The van der Waals surface area contributed by atoms with Crippen molar-refractivity contribution < 1.29 is 8.83 Å². The Morgan fingerprint density at radius 1 is 0.228 bits per heavy atom. The molecule has 434 valence electrons. The number of fused-ring (bicyclic) bond motifs is 12. The summed E-state index contributed by atoms with van der Waals surface area (Å²) in [6.45, 7) is 4.51. The number of benzene rings is 14. The fraction of sp³-hybridized carbons (Fsp3) is 0.0233. The third-order valence-electron chi connectivity index (χ3n) is 18.5. The van der Waals surface area contributed by atoms with Crippen LogP contribution in [0.1, 0.15) is 11.1 Å². The Labute approximate surface area is 540 Å². The number of rotatable bonds is 11. The normalized spacial score (nSPS) is 11.8. The number of para-hydroxylation sites is 4. The fourth-order valence-corrected chi connectivity index (χ4v) is 16.2. The van der Waals surface area contributed by atoms with Crippen LogP contribution in [-0.4, -0.2) is 0 Å². The molecular formula is C86H56N2O2S2. The van der Waals surface area contributed by atoms with Crippen LogP contribution in [0, 0.1) is 13.8 Å². The lowest BCUT2D eigenvalue weighted by Crippen LogP contribution is -2.13. The van der Waals surface area contributed by atoms with Gasteiger partial charge in [0, 0.05) is 95.8 Å². The van der Waals surface area contributed by atoms with E-state index >= 15 is 0 Å². The van der Waals surface area contributed by atoms with E-state index in [-0.39, 0.29) is 0 Å². The Bertz CT molecular complexity index is 5580. The second-order valence-electron chi connectivity index (χ2n) is 24.0. The molecule has 0 saturated heterocycles. The van der Waals surface area contributed by atoms with Crippen molar-refractivity contribution in [2.24, 2.45) is 0 Å². The lowest BCUT2D eigenvalue weighted by Gasteiger charge is -2.30. The Kier molecular flexibility index (Phi) is 12.7. The van der Waals surface area contributed by atoms with Gasteiger partial charge in [0.1, 0.15) is 22.3 Å². The zero-order valence-corrected chi connectivity index (χ0v) is 52.0. The smallest absolute Gasteiger partial charge is 0.135 e. The van der Waals surface area contributed by atoms with Crippen LogP contribution in [0.5, 0.6) is 0 Å². The summed E-state index contributed by atoms with van der Waals surface area (Å²) in [4.78, 5) is 4.90. The Balaban J connectivity index is 0.737. The molecule has 4 aromatic heterocycles. The van der Waals surface area contributed by atoms with Crippen molar-refractivity contribution in [3.8, 4) is 55.6 Å². The fourth-order valence-electron chi connectivity index (χ4n) is 14.0. The van der Waals surface area contributed by atoms with Gasteiger partial charge in [-0.1, -0.05) is 170 Å². The predicted octanol–water partition coefficient (Wildman–Crippen LogP) is 26.1. The molecule has 92 heavy (non-hydrogen) atoms. The van der Waals surface area contributed by atoms with E-state index in [1.54, 1.807) is 0 Å². The quantitative estimate of drug-likeness (QED) is 0.129. The Hall–Kier alpha value is -11.3. The predicted molar refractivity (Wildman–Crippen MR) is 393 cm³/mol. The van der Waals surface area contributed by atoms with Crippen molar-refractivity contribution in [1.29, 1.82) is 0 Å². The van der Waals surface area contributed by atoms with E-state index in [2.05, 4.69) is 303 Å². The number of hydrogen-bond acceptors (Lipinski definition) is 6. The van der Waals surface area contributed by atoms with Gasteiger partial charge in [-0.2, -0.15) is 0 Å². The molecule has 0 unspecified atom stereocenters. The molecule has 0 amide bonds. The first-order chi connectivity index (χ1) is 45.4. The maximum absolute atomic E-state index is 6.24. The summed E-state index contributed by atoms with van der Waals surface area (Å²) >= 11 is 3.71. The first kappa shape index (κ1) is 53.7. The average Bonchev–Trinajstić information content (AvgIpc) is 1.18. The summed E-state index contributed by atoms with van der Waals surface area (Å²) < 4.78 is 17.7. The van der Waals surface area contributed by atoms with Crippen molar-refractivity contribution in [2.45, 2.75) is 13.8 Å². The minimum Gasteiger partial charge on any atom is -0.456 e. The summed E-state index contributed by atoms with van der Waals surface area (Å²) in [5, 5.41) is 9.62. The van der Waals surface area contributed by atoms with Crippen molar-refractivity contribution in [1.82, 2.24) is 0 Å². The monoisotopic (exact) mass is 1210 g/mol. The van der Waals surface area contributed by atoms with Gasteiger partial charge in [-0.3, -0.25) is 0 Å². The summed E-state index contributed by atoms with van der Waals surface area (Å²) in [6.07, 6.45) is 0. The van der Waals surface area contributed by atoms with E-state index in [0.29, 0.717) is 0 Å². The zero-order valence-electron chi connectivity index (χ0n) is 50.4. The molecule has 0 aliphatic heterocycles. The van der Waals surface area contributed by atoms with Crippen LogP contribution in [-0.2, 0) is 0 Å². The van der Waals surface area contributed by atoms with Gasteiger partial charge >= 0.3 is 0 Å². The molecule has 0 spiro atoms. The second kappa shape index (κ2) is 21.7. The molecule has 0 atom stereocenters. The van der Waals surface area contributed by atoms with E-state index in [9.17, 15) is 0 Å². The third kappa shape index (κ3) is 9.09. The maximum Gasteiger partial charge on any atom is 0.135 e. The van der Waals surface area contributed by atoms with Crippen LogP contribution in [0.2, 0.25) is 0 Å². The number of hydrogen-bond donors (Lipinski definition) is 0. The van der Waals surface area contributed by atoms with Crippen molar-refractivity contribution in [3.05, 3.63) is 314 Å². The molecular weight excluding hydrogens is 1160 g/mol. The topological polar surface area (TPSA) is 32.8 Å². The molecule has 18 aromatic rings. The highest BCUT2D eigenvalue weighted by atomic mass is 32.1. The number of nitrogens with zero attached hydrogens (tertiary/aromatic N) is 2. The number of furan rings is 2. The minimum absolute atomic E-state index is 0.894. The summed E-state index contributed by atoms with van der Waals surface area (Å²) in [6, 6.07) is 111. The van der Waals surface area contributed by atoms with E-state index in [1.807, 2.05) is 46.9 Å². The lowest BCUT2D eigenvalue weighted by molar-refractivity contribution is 0.668. The summed E-state index contributed by atoms with van der Waals surface area (Å²) in [5.41, 5.74) is 24.0. The number of anilines is 6. The van der Waals surface area contributed by atoms with E-state index in [0.717, 1.165) is 134 Å². The SMILES string of the molecule is Cc1cc(-c2ccc(N(c3ccc(-c4ccc5oc6ccccc6c5c4)cc3)c3ccccc3-c3ccc4sc5ccccc5c4c3)c(C)c2)ccc1N(c1ccc(-c2ccc3oc4ccccc4c3c2)cc1)c1ccccc1-c1ccc2sc3ccccc3c2c1. The van der Waals surface area contributed by atoms with Gasteiger partial charge in [0.2, 0.25) is 0 Å². The Morgan fingerprint density at radius 2 is 0.554 bits per heavy atom. The molecule has 0 fully saturated rings. The maximum atomic E-state index is 6.24. The van der Waals surface area contributed by atoms with Crippen LogP contribution >= 0.6 is 22.7 Å². The molecule has 18 rings (SSSR count). The number of thiophene rings is 2. The van der Waals surface area contributed by atoms with Crippen LogP contribution < -0.4 is 9.80 Å².